The lowest BCUT2D eigenvalue weighted by Gasteiger charge is -2.35. The van der Waals surface area contributed by atoms with Crippen LogP contribution < -0.4 is 9.64 Å². The minimum atomic E-state index is -3.49. The van der Waals surface area contributed by atoms with Gasteiger partial charge >= 0.3 is 0 Å². The first-order chi connectivity index (χ1) is 17.0. The summed E-state index contributed by atoms with van der Waals surface area (Å²) in [6.07, 6.45) is 5.46. The predicted octanol–water partition coefficient (Wildman–Crippen LogP) is 2.63. The van der Waals surface area contributed by atoms with Crippen LogP contribution in [0.25, 0.3) is 5.69 Å². The summed E-state index contributed by atoms with van der Waals surface area (Å²) in [5.41, 5.74) is 1.45. The van der Waals surface area contributed by atoms with Crippen molar-refractivity contribution in [3.05, 3.63) is 66.5 Å². The molecule has 2 aliphatic rings. The van der Waals surface area contributed by atoms with Gasteiger partial charge < -0.3 is 14.5 Å². The van der Waals surface area contributed by atoms with Crippen LogP contribution in [0.15, 0.2) is 65.8 Å². The molecule has 0 radical (unpaired) electrons. The van der Waals surface area contributed by atoms with E-state index in [2.05, 4.69) is 9.88 Å². The second-order valence-corrected chi connectivity index (χ2v) is 10.7. The van der Waals surface area contributed by atoms with Crippen LogP contribution in [0.5, 0.6) is 5.75 Å². The third-order valence-electron chi connectivity index (χ3n) is 6.61. The summed E-state index contributed by atoms with van der Waals surface area (Å²) in [5, 5.41) is 0. The van der Waals surface area contributed by atoms with Crippen molar-refractivity contribution in [2.45, 2.75) is 17.7 Å². The molecule has 3 aromatic rings. The molecule has 2 fully saturated rings. The highest BCUT2D eigenvalue weighted by molar-refractivity contribution is 7.89. The largest absolute Gasteiger partial charge is 0.497 e. The summed E-state index contributed by atoms with van der Waals surface area (Å²) in [5.74, 6) is 1.50. The van der Waals surface area contributed by atoms with Crippen LogP contribution in [0.1, 0.15) is 23.2 Å². The number of hydrogen-bond donors (Lipinski definition) is 0. The maximum atomic E-state index is 13.1. The van der Waals surface area contributed by atoms with Crippen LogP contribution in [-0.2, 0) is 10.0 Å². The molecule has 1 aromatic heterocycles. The van der Waals surface area contributed by atoms with Crippen molar-refractivity contribution in [1.29, 1.82) is 0 Å². The first kappa shape index (κ1) is 23.4. The Bertz CT molecular complexity index is 1290. The van der Waals surface area contributed by atoms with Gasteiger partial charge in [-0.3, -0.25) is 9.36 Å². The highest BCUT2D eigenvalue weighted by Crippen LogP contribution is 2.24. The molecule has 9 nitrogen and oxygen atoms in total. The minimum absolute atomic E-state index is 0.0918. The first-order valence-electron chi connectivity index (χ1n) is 11.8. The molecule has 0 aliphatic carbocycles. The van der Waals surface area contributed by atoms with Crippen molar-refractivity contribution in [3.63, 3.8) is 0 Å². The van der Waals surface area contributed by atoms with Crippen molar-refractivity contribution < 1.29 is 17.9 Å². The van der Waals surface area contributed by atoms with E-state index in [9.17, 15) is 13.2 Å². The van der Waals surface area contributed by atoms with Crippen LogP contribution >= 0.6 is 0 Å². The van der Waals surface area contributed by atoms with E-state index >= 15 is 0 Å². The van der Waals surface area contributed by atoms with E-state index in [1.165, 1.54) is 4.31 Å². The van der Waals surface area contributed by atoms with Gasteiger partial charge in [-0.2, -0.15) is 4.31 Å². The summed E-state index contributed by atoms with van der Waals surface area (Å²) >= 11 is 0. The molecule has 2 aliphatic heterocycles. The first-order valence-corrected chi connectivity index (χ1v) is 13.2. The minimum Gasteiger partial charge on any atom is -0.497 e. The third kappa shape index (κ3) is 4.63. The zero-order valence-electron chi connectivity index (χ0n) is 19.7. The van der Waals surface area contributed by atoms with Gasteiger partial charge in [0.05, 0.1) is 17.7 Å². The molecule has 35 heavy (non-hydrogen) atoms. The fourth-order valence-electron chi connectivity index (χ4n) is 4.63. The average molecular weight is 496 g/mol. The standard InChI is InChI=1S/C25H29N5O4S/c1-34-22-6-4-5-21(19-22)30-14-11-26-25(30)28-17-15-27(16-18-28)24(31)20-7-9-23(10-8-20)35(32,33)29-12-2-3-13-29/h4-11,14,19H,2-3,12-13,15-18H2,1H3. The Balaban J connectivity index is 1.24. The molecule has 184 valence electrons. The van der Waals surface area contributed by atoms with Gasteiger partial charge in [0.1, 0.15) is 5.75 Å². The van der Waals surface area contributed by atoms with Crippen LogP contribution in [0.4, 0.5) is 5.95 Å². The lowest BCUT2D eigenvalue weighted by molar-refractivity contribution is 0.0746. The monoisotopic (exact) mass is 495 g/mol. The van der Waals surface area contributed by atoms with E-state index in [1.54, 1.807) is 42.5 Å². The number of imidazole rings is 1. The van der Waals surface area contributed by atoms with Crippen LogP contribution in [0, 0.1) is 0 Å². The van der Waals surface area contributed by atoms with Gasteiger partial charge in [-0.1, -0.05) is 6.07 Å². The van der Waals surface area contributed by atoms with E-state index in [0.29, 0.717) is 44.8 Å². The third-order valence-corrected chi connectivity index (χ3v) is 8.52. The van der Waals surface area contributed by atoms with Gasteiger partial charge in [0.15, 0.2) is 0 Å². The number of piperazine rings is 1. The average Bonchev–Trinajstić information content (AvgIpc) is 3.62. The normalized spacial score (nSPS) is 17.1. The number of methoxy groups -OCH3 is 1. The molecule has 0 N–H and O–H groups in total. The molecule has 0 saturated carbocycles. The van der Waals surface area contributed by atoms with Gasteiger partial charge in [-0.15, -0.1) is 0 Å². The topological polar surface area (TPSA) is 88.0 Å². The second-order valence-electron chi connectivity index (χ2n) is 8.71. The number of anilines is 1. The molecule has 0 bridgehead atoms. The molecule has 2 aromatic carbocycles. The van der Waals surface area contributed by atoms with E-state index in [-0.39, 0.29) is 10.8 Å². The number of benzene rings is 2. The molecule has 10 heteroatoms. The van der Waals surface area contributed by atoms with Gasteiger partial charge in [-0.25, -0.2) is 13.4 Å². The number of amides is 1. The molecule has 3 heterocycles. The maximum Gasteiger partial charge on any atom is 0.253 e. The number of sulfonamides is 1. The molecule has 0 unspecified atom stereocenters. The van der Waals surface area contributed by atoms with Crippen molar-refractivity contribution in [3.8, 4) is 11.4 Å². The molecule has 2 saturated heterocycles. The Morgan fingerprint density at radius 1 is 0.943 bits per heavy atom. The Morgan fingerprint density at radius 2 is 1.66 bits per heavy atom. The Hall–Kier alpha value is -3.37. The summed E-state index contributed by atoms with van der Waals surface area (Å²) in [6.45, 7) is 3.52. The van der Waals surface area contributed by atoms with Crippen molar-refractivity contribution in [2.24, 2.45) is 0 Å². The zero-order chi connectivity index (χ0) is 24.4. The number of ether oxygens (including phenoxy) is 1. The van der Waals surface area contributed by atoms with E-state index < -0.39 is 10.0 Å². The lowest BCUT2D eigenvalue weighted by Crippen LogP contribution is -2.49. The van der Waals surface area contributed by atoms with Crippen LogP contribution in [0.2, 0.25) is 0 Å². The van der Waals surface area contributed by atoms with Crippen molar-refractivity contribution >= 4 is 21.9 Å². The second kappa shape index (κ2) is 9.71. The number of hydrogen-bond acceptors (Lipinski definition) is 6. The van der Waals surface area contributed by atoms with Crippen LogP contribution in [-0.4, -0.2) is 79.5 Å². The molecular formula is C25H29N5O4S. The summed E-state index contributed by atoms with van der Waals surface area (Å²) in [6, 6.07) is 14.1. The van der Waals surface area contributed by atoms with Crippen LogP contribution in [0.3, 0.4) is 0 Å². The summed E-state index contributed by atoms with van der Waals surface area (Å²) < 4.78 is 34.4. The fraction of sp³-hybridized carbons (Fsp3) is 0.360. The number of carbonyl (C=O) groups is 1. The maximum absolute atomic E-state index is 13.1. The van der Waals surface area contributed by atoms with Gasteiger partial charge in [0, 0.05) is 63.3 Å². The van der Waals surface area contributed by atoms with Crippen molar-refractivity contribution in [2.75, 3.05) is 51.3 Å². The Labute approximate surface area is 205 Å². The lowest BCUT2D eigenvalue weighted by atomic mass is 10.2. The number of aromatic nitrogens is 2. The quantitative estimate of drug-likeness (QED) is 0.523. The van der Waals surface area contributed by atoms with Gasteiger partial charge in [-0.05, 0) is 49.2 Å². The molecular weight excluding hydrogens is 466 g/mol. The van der Waals surface area contributed by atoms with E-state index in [4.69, 9.17) is 4.74 Å². The van der Waals surface area contributed by atoms with E-state index in [1.807, 2.05) is 35.0 Å². The van der Waals surface area contributed by atoms with Gasteiger partial charge in [0.25, 0.3) is 5.91 Å². The number of rotatable bonds is 6. The van der Waals surface area contributed by atoms with Crippen molar-refractivity contribution in [1.82, 2.24) is 18.8 Å². The van der Waals surface area contributed by atoms with Gasteiger partial charge in [0.2, 0.25) is 16.0 Å². The Kier molecular flexibility index (Phi) is 6.48. The SMILES string of the molecule is COc1cccc(-n2ccnc2N2CCN(C(=O)c3ccc(S(=O)(=O)N4CCCC4)cc3)CC2)c1. The predicted molar refractivity (Wildman–Crippen MR) is 133 cm³/mol. The summed E-state index contributed by atoms with van der Waals surface area (Å²) in [4.78, 5) is 21.8. The number of carbonyl (C=O) groups excluding carboxylic acids is 1. The fourth-order valence-corrected chi connectivity index (χ4v) is 6.15. The molecule has 0 atom stereocenters. The zero-order valence-corrected chi connectivity index (χ0v) is 20.5. The highest BCUT2D eigenvalue weighted by Gasteiger charge is 2.28. The molecule has 5 rings (SSSR count). The molecule has 0 spiro atoms. The smallest absolute Gasteiger partial charge is 0.253 e. The Morgan fingerprint density at radius 3 is 2.34 bits per heavy atom. The summed E-state index contributed by atoms with van der Waals surface area (Å²) in [7, 11) is -1.84. The number of nitrogens with zero attached hydrogens (tertiary/aromatic N) is 5. The van der Waals surface area contributed by atoms with E-state index in [0.717, 1.165) is 30.2 Å². The molecule has 1 amide bonds. The highest BCUT2D eigenvalue weighted by atomic mass is 32.2.